The zero-order valence-electron chi connectivity index (χ0n) is 37.1. The highest BCUT2D eigenvalue weighted by Crippen LogP contribution is 2.41. The molecule has 0 aromatic heterocycles. The Balaban J connectivity index is 0.000000170. The average molecular weight is 841 g/mol. The number of carbonyl (C=O) groups excluding carboxylic acids is 2. The van der Waals surface area contributed by atoms with Gasteiger partial charge in [-0.15, -0.1) is 12.4 Å². The third-order valence-electron chi connectivity index (χ3n) is 12.8. The molecule has 2 N–H and O–H groups in total. The van der Waals surface area contributed by atoms with E-state index in [1.165, 1.54) is 36.8 Å². The predicted octanol–water partition coefficient (Wildman–Crippen LogP) is 10.0. The topological polar surface area (TPSA) is 110 Å². The van der Waals surface area contributed by atoms with Crippen LogP contribution in [0.2, 0.25) is 0 Å². The van der Waals surface area contributed by atoms with Gasteiger partial charge in [0.15, 0.2) is 0 Å². The number of aliphatic hydroxyl groups excluding tert-OH is 1. The summed E-state index contributed by atoms with van der Waals surface area (Å²) < 4.78 is 23.1. The number of fused-ring (bicyclic) bond motifs is 6. The molecular formula is C48H74ClN3O7. The fourth-order valence-corrected chi connectivity index (χ4v) is 10.3. The highest BCUT2D eigenvalue weighted by Gasteiger charge is 2.46. The quantitative estimate of drug-likeness (QED) is 0.284. The average Bonchev–Trinajstić information content (AvgIpc) is 3.75. The number of carbonyl (C=O) groups is 2. The van der Waals surface area contributed by atoms with Gasteiger partial charge in [-0.1, -0.05) is 36.4 Å². The fourth-order valence-electron chi connectivity index (χ4n) is 10.3. The standard InChI is InChI=1S/C20H29NO3.C15H21NO.C13H23NO3.ClH/c1-14-7-5-6-8-18(14)23-13-15-11-16-9-10-17(12-15)21(16)19(22)24-20(2,3)4;1-11-4-2-3-5-15(11)17-10-12-8-13-6-7-14(9-12)16-13;1-13(2,3)17-12(16)14-10-4-5-11(14)7-9(6-10)8-15;/h5-8,15-17H,9-13H2,1-4H3;2-5,12-14,16H,6-10H2,1H3;9-11,15H,4-8H2,1-3H3;1H. The number of amides is 2. The van der Waals surface area contributed by atoms with Gasteiger partial charge in [0, 0.05) is 42.9 Å². The summed E-state index contributed by atoms with van der Waals surface area (Å²) in [6, 6.07) is 19.1. The van der Waals surface area contributed by atoms with Crippen LogP contribution in [0, 0.1) is 31.6 Å². The zero-order chi connectivity index (χ0) is 41.6. The van der Waals surface area contributed by atoms with Gasteiger partial charge in [-0.3, -0.25) is 0 Å². The van der Waals surface area contributed by atoms with E-state index >= 15 is 0 Å². The lowest BCUT2D eigenvalue weighted by Gasteiger charge is -2.39. The van der Waals surface area contributed by atoms with E-state index in [-0.39, 0.29) is 43.3 Å². The Hall–Kier alpha value is -3.21. The molecule has 10 nitrogen and oxygen atoms in total. The second-order valence-corrected chi connectivity index (χ2v) is 20.0. The van der Waals surface area contributed by atoms with E-state index in [0.717, 1.165) is 94.1 Å². The van der Waals surface area contributed by atoms with Crippen LogP contribution < -0.4 is 14.8 Å². The first-order valence-corrected chi connectivity index (χ1v) is 22.3. The highest BCUT2D eigenvalue weighted by atomic mass is 35.5. The largest absolute Gasteiger partial charge is 0.493 e. The predicted molar refractivity (Wildman–Crippen MR) is 236 cm³/mol. The molecule has 6 aliphatic heterocycles. The Labute approximate surface area is 360 Å². The van der Waals surface area contributed by atoms with Crippen molar-refractivity contribution in [2.24, 2.45) is 17.8 Å². The fraction of sp³-hybridized carbons (Fsp3) is 0.708. The van der Waals surface area contributed by atoms with Gasteiger partial charge in [0.2, 0.25) is 0 Å². The smallest absolute Gasteiger partial charge is 0.410 e. The molecule has 6 aliphatic rings. The third-order valence-corrected chi connectivity index (χ3v) is 12.8. The van der Waals surface area contributed by atoms with Crippen LogP contribution in [0.25, 0.3) is 0 Å². The molecule has 8 rings (SSSR count). The first kappa shape index (κ1) is 46.8. The van der Waals surface area contributed by atoms with Crippen molar-refractivity contribution < 1.29 is 33.6 Å². The van der Waals surface area contributed by atoms with E-state index in [4.69, 9.17) is 18.9 Å². The number of halogens is 1. The van der Waals surface area contributed by atoms with Gasteiger partial charge in [0.25, 0.3) is 0 Å². The molecule has 2 aromatic rings. The number of hydrogen-bond donors (Lipinski definition) is 2. The summed E-state index contributed by atoms with van der Waals surface area (Å²) in [6.45, 7) is 17.5. The van der Waals surface area contributed by atoms with Crippen LogP contribution >= 0.6 is 12.4 Å². The van der Waals surface area contributed by atoms with Gasteiger partial charge < -0.3 is 39.2 Å². The minimum absolute atomic E-state index is 0. The lowest BCUT2D eigenvalue weighted by atomic mass is 9.91. The van der Waals surface area contributed by atoms with E-state index in [0.29, 0.717) is 23.9 Å². The Kier molecular flexibility index (Phi) is 16.3. The number of para-hydroxylation sites is 2. The molecular weight excluding hydrogens is 766 g/mol. The molecule has 2 amide bonds. The van der Waals surface area contributed by atoms with E-state index in [1.807, 2.05) is 69.5 Å². The van der Waals surface area contributed by atoms with Gasteiger partial charge in [-0.25, -0.2) is 9.59 Å². The first-order valence-electron chi connectivity index (χ1n) is 22.3. The van der Waals surface area contributed by atoms with Crippen molar-refractivity contribution in [2.45, 2.75) is 180 Å². The molecule has 6 heterocycles. The highest BCUT2D eigenvalue weighted by molar-refractivity contribution is 5.85. The molecule has 0 aliphatic carbocycles. The van der Waals surface area contributed by atoms with Gasteiger partial charge in [-0.05, 0) is 173 Å². The molecule has 0 saturated carbocycles. The normalized spacial score (nSPS) is 29.2. The molecule has 6 unspecified atom stereocenters. The van der Waals surface area contributed by atoms with Gasteiger partial charge in [0.1, 0.15) is 22.7 Å². The Morgan fingerprint density at radius 1 is 0.593 bits per heavy atom. The molecule has 0 radical (unpaired) electrons. The van der Waals surface area contributed by atoms with Gasteiger partial charge >= 0.3 is 12.2 Å². The van der Waals surface area contributed by atoms with Crippen molar-refractivity contribution >= 4 is 24.6 Å². The van der Waals surface area contributed by atoms with Gasteiger partial charge in [0.05, 0.1) is 13.2 Å². The molecule has 6 fully saturated rings. The summed E-state index contributed by atoms with van der Waals surface area (Å²) in [6.07, 6.45) is 13.2. The number of rotatable bonds is 7. The summed E-state index contributed by atoms with van der Waals surface area (Å²) in [4.78, 5) is 28.5. The minimum atomic E-state index is -0.429. The molecule has 11 heteroatoms. The van der Waals surface area contributed by atoms with Crippen molar-refractivity contribution in [2.75, 3.05) is 19.8 Å². The van der Waals surface area contributed by atoms with Crippen LogP contribution in [0.4, 0.5) is 9.59 Å². The SMILES string of the molecule is CC(C)(C)OC(=O)N1C2CCC1CC(CO)C2.Cc1ccccc1OCC1CC2CCC(C1)N2.Cc1ccccc1OCC1CC2CCC(C1)N2C(=O)OC(C)(C)C.Cl. The van der Waals surface area contributed by atoms with Gasteiger partial charge in [-0.2, -0.15) is 0 Å². The van der Waals surface area contributed by atoms with Crippen LogP contribution in [0.3, 0.4) is 0 Å². The molecule has 6 atom stereocenters. The minimum Gasteiger partial charge on any atom is -0.493 e. The molecule has 330 valence electrons. The van der Waals surface area contributed by atoms with E-state index < -0.39 is 11.2 Å². The third kappa shape index (κ3) is 13.1. The summed E-state index contributed by atoms with van der Waals surface area (Å²) in [5, 5.41) is 12.9. The number of aryl methyl sites for hydroxylation is 2. The second kappa shape index (κ2) is 20.6. The van der Waals surface area contributed by atoms with Crippen LogP contribution in [-0.2, 0) is 9.47 Å². The number of nitrogens with one attached hydrogen (secondary N) is 1. The molecule has 6 saturated heterocycles. The summed E-state index contributed by atoms with van der Waals surface area (Å²) in [7, 11) is 0. The maximum atomic E-state index is 12.5. The molecule has 2 aromatic carbocycles. The lowest BCUT2D eigenvalue weighted by molar-refractivity contribution is -0.00250. The van der Waals surface area contributed by atoms with Crippen LogP contribution in [0.1, 0.15) is 130 Å². The molecule has 0 spiro atoms. The monoisotopic (exact) mass is 840 g/mol. The van der Waals surface area contributed by atoms with E-state index in [9.17, 15) is 14.7 Å². The van der Waals surface area contributed by atoms with Crippen molar-refractivity contribution in [1.29, 1.82) is 0 Å². The van der Waals surface area contributed by atoms with Crippen molar-refractivity contribution in [3.63, 3.8) is 0 Å². The van der Waals surface area contributed by atoms with Crippen LogP contribution in [0.15, 0.2) is 48.5 Å². The summed E-state index contributed by atoms with van der Waals surface area (Å²) in [5.74, 6) is 3.65. The van der Waals surface area contributed by atoms with Crippen LogP contribution in [0.5, 0.6) is 11.5 Å². The number of ether oxygens (including phenoxy) is 4. The van der Waals surface area contributed by atoms with Crippen molar-refractivity contribution in [3.8, 4) is 11.5 Å². The van der Waals surface area contributed by atoms with Crippen LogP contribution in [-0.4, -0.2) is 94.4 Å². The van der Waals surface area contributed by atoms with E-state index in [1.54, 1.807) is 0 Å². The van der Waals surface area contributed by atoms with Crippen molar-refractivity contribution in [1.82, 2.24) is 15.1 Å². The Morgan fingerprint density at radius 2 is 0.949 bits per heavy atom. The first-order chi connectivity index (χ1) is 27.5. The Bertz CT molecular complexity index is 1620. The summed E-state index contributed by atoms with van der Waals surface area (Å²) >= 11 is 0. The second-order valence-electron chi connectivity index (χ2n) is 20.0. The molecule has 6 bridgehead atoms. The lowest BCUT2D eigenvalue weighted by Crippen LogP contribution is -2.49. The number of aliphatic hydroxyl groups is 1. The summed E-state index contributed by atoms with van der Waals surface area (Å²) in [5.41, 5.74) is 1.56. The number of benzene rings is 2. The number of nitrogens with zero attached hydrogens (tertiary/aromatic N) is 2. The van der Waals surface area contributed by atoms with Crippen molar-refractivity contribution in [3.05, 3.63) is 59.7 Å². The number of hydrogen-bond acceptors (Lipinski definition) is 8. The zero-order valence-corrected chi connectivity index (χ0v) is 37.9. The Morgan fingerprint density at radius 3 is 1.31 bits per heavy atom. The number of piperidine rings is 3. The maximum Gasteiger partial charge on any atom is 0.410 e. The van der Waals surface area contributed by atoms with E-state index in [2.05, 4.69) is 49.5 Å². The molecule has 59 heavy (non-hydrogen) atoms. The maximum absolute atomic E-state index is 12.5.